The number of thioether (sulfide) groups is 1. The summed E-state index contributed by atoms with van der Waals surface area (Å²) in [7, 11) is 1.28. The minimum atomic E-state index is -0.923. The molecule has 0 saturated carbocycles. The number of hydrogen-bond acceptors (Lipinski definition) is 13. The molecule has 0 aromatic carbocycles. The molecule has 15 heteroatoms. The van der Waals surface area contributed by atoms with Gasteiger partial charge in [-0.1, -0.05) is 5.16 Å². The van der Waals surface area contributed by atoms with Crippen LogP contribution in [0.1, 0.15) is 25.5 Å². The van der Waals surface area contributed by atoms with E-state index in [0.717, 1.165) is 17.8 Å². The molecule has 188 valence electrons. The number of β-lactam (4-membered cyclic amide) rings is 1. The first-order valence-corrected chi connectivity index (χ1v) is 12.5. The Kier molecular flexibility index (Phi) is 7.57. The van der Waals surface area contributed by atoms with E-state index in [-0.39, 0.29) is 28.3 Å². The highest BCUT2D eigenvalue weighted by atomic mass is 32.2. The van der Waals surface area contributed by atoms with E-state index in [9.17, 15) is 19.2 Å². The SMILES string of the molecule is CON=C(C(=O)N[C@@H]1C(=O)N2C(C(=O)OCOC(C)=O)=C([C@@H]3CCCO3)CS[C@H]12)c1csc(N)n1. The fourth-order valence-electron chi connectivity index (χ4n) is 3.87. The van der Waals surface area contributed by atoms with Gasteiger partial charge in [0.2, 0.25) is 6.79 Å². The summed E-state index contributed by atoms with van der Waals surface area (Å²) >= 11 is 2.52. The first-order valence-electron chi connectivity index (χ1n) is 10.5. The van der Waals surface area contributed by atoms with Crippen LogP contribution >= 0.6 is 23.1 Å². The lowest BCUT2D eigenvalue weighted by Gasteiger charge is -2.50. The number of carbonyl (C=O) groups excluding carboxylic acids is 4. The summed E-state index contributed by atoms with van der Waals surface area (Å²) < 4.78 is 15.5. The summed E-state index contributed by atoms with van der Waals surface area (Å²) in [6.45, 7) is 1.16. The Labute approximate surface area is 208 Å². The molecule has 2 amide bonds. The van der Waals surface area contributed by atoms with Crippen molar-refractivity contribution in [3.63, 3.8) is 0 Å². The van der Waals surface area contributed by atoms with Gasteiger partial charge in [-0.25, -0.2) is 9.78 Å². The molecular weight excluding hydrogens is 502 g/mol. The van der Waals surface area contributed by atoms with E-state index in [1.165, 1.54) is 30.7 Å². The predicted octanol–water partition coefficient (Wildman–Crippen LogP) is -0.0274. The number of nitrogens with one attached hydrogen (secondary N) is 1. The molecule has 3 aliphatic heterocycles. The molecule has 1 aromatic rings. The van der Waals surface area contributed by atoms with Crippen molar-refractivity contribution < 1.29 is 38.2 Å². The molecule has 35 heavy (non-hydrogen) atoms. The number of hydrogen-bond donors (Lipinski definition) is 2. The van der Waals surface area contributed by atoms with Crippen LogP contribution < -0.4 is 11.1 Å². The predicted molar refractivity (Wildman–Crippen MR) is 124 cm³/mol. The number of aromatic nitrogens is 1. The fraction of sp³-hybridized carbons (Fsp3) is 0.500. The molecule has 0 bridgehead atoms. The molecule has 0 aliphatic carbocycles. The minimum absolute atomic E-state index is 0.0568. The average molecular weight is 526 g/mol. The van der Waals surface area contributed by atoms with Gasteiger partial charge in [-0.05, 0) is 18.4 Å². The summed E-state index contributed by atoms with van der Waals surface area (Å²) in [5.41, 5.74) is 6.41. The molecule has 0 radical (unpaired) electrons. The Morgan fingerprint density at radius 1 is 1.37 bits per heavy atom. The van der Waals surface area contributed by atoms with Crippen LogP contribution in [0.25, 0.3) is 0 Å². The molecule has 13 nitrogen and oxygen atoms in total. The number of amides is 2. The molecule has 3 aliphatic rings. The third-order valence-corrected chi connectivity index (χ3v) is 7.39. The molecule has 4 heterocycles. The van der Waals surface area contributed by atoms with Crippen LogP contribution in [0.4, 0.5) is 5.13 Å². The van der Waals surface area contributed by atoms with Crippen LogP contribution in [0.5, 0.6) is 0 Å². The van der Waals surface area contributed by atoms with Gasteiger partial charge in [0.05, 0.1) is 6.10 Å². The Morgan fingerprint density at radius 3 is 2.80 bits per heavy atom. The lowest BCUT2D eigenvalue weighted by molar-refractivity contribution is -0.166. The molecule has 3 atom stereocenters. The summed E-state index contributed by atoms with van der Waals surface area (Å²) in [5, 5.41) is 7.60. The van der Waals surface area contributed by atoms with Crippen molar-refractivity contribution in [3.8, 4) is 0 Å². The second kappa shape index (κ2) is 10.6. The minimum Gasteiger partial charge on any atom is -0.428 e. The van der Waals surface area contributed by atoms with Crippen molar-refractivity contribution in [2.24, 2.45) is 5.16 Å². The summed E-state index contributed by atoms with van der Waals surface area (Å²) in [6.07, 6.45) is 1.21. The maximum absolute atomic E-state index is 13.1. The number of nitrogen functional groups attached to an aromatic ring is 1. The molecule has 2 saturated heterocycles. The zero-order valence-electron chi connectivity index (χ0n) is 18.8. The quantitative estimate of drug-likeness (QED) is 0.153. The number of oxime groups is 1. The van der Waals surface area contributed by atoms with Crippen LogP contribution in [0.2, 0.25) is 0 Å². The molecule has 0 spiro atoms. The van der Waals surface area contributed by atoms with Gasteiger partial charge in [0.25, 0.3) is 11.8 Å². The number of anilines is 1. The maximum atomic E-state index is 13.1. The van der Waals surface area contributed by atoms with E-state index in [1.54, 1.807) is 5.38 Å². The Balaban J connectivity index is 1.53. The number of nitrogens with zero attached hydrogens (tertiary/aromatic N) is 3. The molecule has 2 fully saturated rings. The van der Waals surface area contributed by atoms with E-state index in [1.807, 2.05) is 0 Å². The molecule has 0 unspecified atom stereocenters. The van der Waals surface area contributed by atoms with Crippen LogP contribution in [0.15, 0.2) is 21.8 Å². The summed E-state index contributed by atoms with van der Waals surface area (Å²) in [6, 6.07) is -0.923. The van der Waals surface area contributed by atoms with Crippen LogP contribution in [-0.4, -0.2) is 83.1 Å². The first kappa shape index (κ1) is 24.9. The molecule has 3 N–H and O–H groups in total. The molecule has 4 rings (SSSR count). The highest BCUT2D eigenvalue weighted by molar-refractivity contribution is 8.00. The van der Waals surface area contributed by atoms with Crippen molar-refractivity contribution in [1.29, 1.82) is 0 Å². The van der Waals surface area contributed by atoms with E-state index in [4.69, 9.17) is 24.8 Å². The lowest BCUT2D eigenvalue weighted by atomic mass is 9.99. The summed E-state index contributed by atoms with van der Waals surface area (Å²) in [4.78, 5) is 60.1. The van der Waals surface area contributed by atoms with Gasteiger partial charge >= 0.3 is 11.9 Å². The van der Waals surface area contributed by atoms with Gasteiger partial charge in [-0.3, -0.25) is 19.3 Å². The Morgan fingerprint density at radius 2 is 2.17 bits per heavy atom. The Bertz CT molecular complexity index is 1100. The monoisotopic (exact) mass is 525 g/mol. The maximum Gasteiger partial charge on any atom is 0.358 e. The second-order valence-corrected chi connectivity index (χ2v) is 9.61. The topological polar surface area (TPSA) is 172 Å². The van der Waals surface area contributed by atoms with Crippen molar-refractivity contribution in [3.05, 3.63) is 22.3 Å². The van der Waals surface area contributed by atoms with Gasteiger partial charge in [0.15, 0.2) is 10.8 Å². The number of thiazole rings is 1. The normalized spacial score (nSPS) is 23.9. The van der Waals surface area contributed by atoms with Crippen molar-refractivity contribution in [2.75, 3.05) is 32.0 Å². The highest BCUT2D eigenvalue weighted by Crippen LogP contribution is 2.43. The number of nitrogens with two attached hydrogens (primary N) is 1. The van der Waals surface area contributed by atoms with E-state index < -0.39 is 42.0 Å². The number of carbonyl (C=O) groups is 4. The lowest BCUT2D eigenvalue weighted by Crippen LogP contribution is -2.71. The largest absolute Gasteiger partial charge is 0.428 e. The standard InChI is InChI=1S/C20H23N5O8S2/c1-9(26)32-8-33-19(29)15-10(12-4-3-5-31-12)6-34-18-14(17(28)25(15)18)23-16(27)13(24-30-2)11-7-35-20(21)22-11/h7,12,14,18H,3-6,8H2,1-2H3,(H2,21,22)(H,23,27)/t12-,14+,18+/m0/s1. The number of rotatable bonds is 8. The average Bonchev–Trinajstić information content (AvgIpc) is 3.51. The van der Waals surface area contributed by atoms with Gasteiger partial charge in [-0.2, -0.15) is 0 Å². The van der Waals surface area contributed by atoms with Crippen LogP contribution in [-0.2, 0) is 38.2 Å². The molecular formula is C20H23N5O8S2. The van der Waals surface area contributed by atoms with E-state index in [0.29, 0.717) is 24.4 Å². The number of ether oxygens (including phenoxy) is 3. The fourth-order valence-corrected chi connectivity index (χ4v) is 5.82. The van der Waals surface area contributed by atoms with E-state index in [2.05, 4.69) is 15.5 Å². The van der Waals surface area contributed by atoms with Crippen molar-refractivity contribution in [1.82, 2.24) is 15.2 Å². The van der Waals surface area contributed by atoms with Gasteiger partial charge in [-0.15, -0.1) is 23.1 Å². The van der Waals surface area contributed by atoms with Gasteiger partial charge < -0.3 is 30.1 Å². The smallest absolute Gasteiger partial charge is 0.358 e. The summed E-state index contributed by atoms with van der Waals surface area (Å²) in [5.74, 6) is -2.20. The third-order valence-electron chi connectivity index (χ3n) is 5.41. The number of fused-ring (bicyclic) bond motifs is 1. The molecule has 1 aromatic heterocycles. The van der Waals surface area contributed by atoms with Gasteiger partial charge in [0, 0.05) is 24.7 Å². The zero-order valence-corrected chi connectivity index (χ0v) is 20.5. The van der Waals surface area contributed by atoms with Crippen LogP contribution in [0.3, 0.4) is 0 Å². The second-order valence-electron chi connectivity index (χ2n) is 7.62. The third kappa shape index (κ3) is 5.11. The van der Waals surface area contributed by atoms with Gasteiger partial charge in [0.1, 0.15) is 29.9 Å². The Hall–Kier alpha value is -3.17. The van der Waals surface area contributed by atoms with E-state index >= 15 is 0 Å². The number of esters is 2. The van der Waals surface area contributed by atoms with Crippen molar-refractivity contribution >= 4 is 57.7 Å². The van der Waals surface area contributed by atoms with Crippen molar-refractivity contribution in [2.45, 2.75) is 37.3 Å². The first-order chi connectivity index (χ1) is 16.8. The van der Waals surface area contributed by atoms with Crippen LogP contribution in [0, 0.1) is 0 Å². The zero-order chi connectivity index (χ0) is 25.1. The highest BCUT2D eigenvalue weighted by Gasteiger charge is 2.55.